The summed E-state index contributed by atoms with van der Waals surface area (Å²) in [6.45, 7) is 12.6. The van der Waals surface area contributed by atoms with Crippen LogP contribution < -0.4 is 10.0 Å². The maximum atomic E-state index is 11.1. The number of rotatable bonds is 6. The van der Waals surface area contributed by atoms with Crippen molar-refractivity contribution in [1.82, 2.24) is 0 Å². The van der Waals surface area contributed by atoms with Crippen LogP contribution in [0.15, 0.2) is 12.1 Å². The number of nitrogens with zero attached hydrogens (tertiary/aromatic N) is 3. The van der Waals surface area contributed by atoms with Crippen LogP contribution in [0.5, 0.6) is 5.75 Å². The number of nitro groups is 3. The average Bonchev–Trinajstić information content (AvgIpc) is 2.46. The summed E-state index contributed by atoms with van der Waals surface area (Å²) in [4.78, 5) is 29.2. The van der Waals surface area contributed by atoms with Crippen LogP contribution in [0.2, 0.25) is 0 Å². The van der Waals surface area contributed by atoms with Gasteiger partial charge in [-0.2, -0.15) is 0 Å². The van der Waals surface area contributed by atoms with Crippen molar-refractivity contribution in [3.63, 3.8) is 0 Å². The Hall–Kier alpha value is -2.82. The van der Waals surface area contributed by atoms with Crippen LogP contribution in [0.3, 0.4) is 0 Å². The summed E-state index contributed by atoms with van der Waals surface area (Å²) in [7, 11) is 0. The van der Waals surface area contributed by atoms with E-state index in [4.69, 9.17) is 0 Å². The summed E-state index contributed by atoms with van der Waals surface area (Å²) < 4.78 is 0. The normalized spacial score (nSPS) is 10.6. The summed E-state index contributed by atoms with van der Waals surface area (Å²) in [5.74, 6) is -1.46. The molecule has 25 heavy (non-hydrogen) atoms. The van der Waals surface area contributed by atoms with Crippen molar-refractivity contribution >= 4 is 17.1 Å². The summed E-state index contributed by atoms with van der Waals surface area (Å²) >= 11 is 0. The van der Waals surface area contributed by atoms with E-state index in [0.29, 0.717) is 12.1 Å². The number of non-ortho nitro benzene ring substituents is 1. The molecule has 11 heteroatoms. The van der Waals surface area contributed by atoms with E-state index in [1.807, 2.05) is 0 Å². The highest BCUT2D eigenvalue weighted by atomic mass is 16.6. The molecule has 0 amide bonds. The van der Waals surface area contributed by atoms with Crippen molar-refractivity contribution in [1.29, 1.82) is 0 Å². The van der Waals surface area contributed by atoms with Crippen molar-refractivity contribution in [3.8, 4) is 5.75 Å². The van der Waals surface area contributed by atoms with Gasteiger partial charge in [0.1, 0.15) is 0 Å². The van der Waals surface area contributed by atoms with Gasteiger partial charge in [-0.15, -0.1) is 0 Å². The largest absolute Gasteiger partial charge is 0.863 e. The maximum absolute atomic E-state index is 11.1. The zero-order valence-electron chi connectivity index (χ0n) is 14.7. The molecule has 0 spiro atoms. The van der Waals surface area contributed by atoms with Gasteiger partial charge in [0, 0.05) is 0 Å². The number of nitrogens with one attached hydrogen (secondary N) is 1. The monoisotopic (exact) mass is 358 g/mol. The second-order valence-corrected chi connectivity index (χ2v) is 5.82. The molecule has 1 N–H and O–H groups in total. The predicted molar refractivity (Wildman–Crippen MR) is 87.6 cm³/mol. The number of hydrogen-bond donors (Lipinski definition) is 1. The van der Waals surface area contributed by atoms with Crippen LogP contribution >= 0.6 is 0 Å². The first-order chi connectivity index (χ1) is 11.4. The molecule has 0 aliphatic heterocycles. The van der Waals surface area contributed by atoms with E-state index in [2.05, 4.69) is 34.6 Å². The van der Waals surface area contributed by atoms with Crippen molar-refractivity contribution in [2.45, 2.75) is 46.7 Å². The Morgan fingerprint density at radius 3 is 1.40 bits per heavy atom. The summed E-state index contributed by atoms with van der Waals surface area (Å²) in [5, 5.41) is 42.1. The van der Waals surface area contributed by atoms with Gasteiger partial charge in [0.2, 0.25) is 0 Å². The highest BCUT2D eigenvalue weighted by molar-refractivity contribution is 5.63. The van der Waals surface area contributed by atoms with E-state index >= 15 is 0 Å². The maximum Gasteiger partial charge on any atom is 0.283 e. The van der Waals surface area contributed by atoms with Crippen molar-refractivity contribution in [3.05, 3.63) is 42.5 Å². The van der Waals surface area contributed by atoms with Gasteiger partial charge in [0.25, 0.3) is 17.1 Å². The fraction of sp³-hybridized carbons (Fsp3) is 0.571. The number of quaternary nitrogens is 1. The molecule has 0 unspecified atom stereocenters. The van der Waals surface area contributed by atoms with Gasteiger partial charge in [0.15, 0.2) is 0 Å². The fourth-order valence-corrected chi connectivity index (χ4v) is 2.44. The summed E-state index contributed by atoms with van der Waals surface area (Å²) in [6, 6.07) is 2.31. The molecule has 0 aromatic heterocycles. The van der Waals surface area contributed by atoms with Crippen molar-refractivity contribution in [2.75, 3.05) is 6.54 Å². The third kappa shape index (κ3) is 6.30. The van der Waals surface area contributed by atoms with E-state index in [1.54, 1.807) is 4.90 Å². The molecule has 0 saturated carbocycles. The van der Waals surface area contributed by atoms with Crippen LogP contribution in [0.4, 0.5) is 17.1 Å². The van der Waals surface area contributed by atoms with E-state index < -0.39 is 37.6 Å². The molecule has 1 aromatic carbocycles. The molecule has 0 bridgehead atoms. The highest BCUT2D eigenvalue weighted by Crippen LogP contribution is 2.36. The molecule has 1 aromatic rings. The average molecular weight is 358 g/mol. The van der Waals surface area contributed by atoms with Gasteiger partial charge < -0.3 is 10.0 Å². The molecular weight excluding hydrogens is 336 g/mol. The molecular formula is C14H22N4O7. The van der Waals surface area contributed by atoms with Gasteiger partial charge in [0.05, 0.1) is 51.3 Å². The Bertz CT molecular complexity index is 603. The minimum Gasteiger partial charge on any atom is -0.863 e. The van der Waals surface area contributed by atoms with Gasteiger partial charge in [-0.05, 0) is 34.6 Å². The minimum atomic E-state index is -1.46. The predicted octanol–water partition coefficient (Wildman–Crippen LogP) is 1.19. The Morgan fingerprint density at radius 1 is 0.880 bits per heavy atom. The highest BCUT2D eigenvalue weighted by Gasteiger charge is 2.24. The van der Waals surface area contributed by atoms with E-state index in [-0.39, 0.29) is 0 Å². The zero-order chi connectivity index (χ0) is 19.9. The first-order valence-electron chi connectivity index (χ1n) is 7.57. The lowest BCUT2D eigenvalue weighted by Crippen LogP contribution is -3.17. The van der Waals surface area contributed by atoms with Gasteiger partial charge in [-0.1, -0.05) is 0 Å². The molecule has 0 radical (unpaired) electrons. The van der Waals surface area contributed by atoms with Gasteiger partial charge in [-0.3, -0.25) is 30.3 Å². The fourth-order valence-electron chi connectivity index (χ4n) is 2.44. The minimum absolute atomic E-state index is 0.384. The molecule has 0 fully saturated rings. The Balaban J connectivity index is 0.000000547. The first kappa shape index (κ1) is 22.2. The van der Waals surface area contributed by atoms with Crippen molar-refractivity contribution in [2.24, 2.45) is 0 Å². The summed E-state index contributed by atoms with van der Waals surface area (Å²) in [5.41, 5.74) is -3.26. The second kappa shape index (κ2) is 9.47. The lowest BCUT2D eigenvalue weighted by molar-refractivity contribution is -0.940. The Kier molecular flexibility index (Phi) is 8.40. The SMILES string of the molecule is CC[NH+](C(C)C)C(C)C.O=[N+]([O-])c1cc([N+](=O)[O-])c([O-])c([N+](=O)[O-])c1. The Labute approximate surface area is 144 Å². The van der Waals surface area contributed by atoms with Crippen LogP contribution in [-0.4, -0.2) is 33.4 Å². The Morgan fingerprint density at radius 2 is 1.24 bits per heavy atom. The van der Waals surface area contributed by atoms with E-state index in [9.17, 15) is 35.4 Å². The van der Waals surface area contributed by atoms with Gasteiger partial charge >= 0.3 is 0 Å². The molecule has 0 saturated heterocycles. The molecule has 140 valence electrons. The molecule has 0 heterocycles. The molecule has 0 atom stereocenters. The molecule has 0 aliphatic rings. The van der Waals surface area contributed by atoms with E-state index in [0.717, 1.165) is 12.1 Å². The van der Waals surface area contributed by atoms with E-state index in [1.165, 1.54) is 6.54 Å². The lowest BCUT2D eigenvalue weighted by atomic mass is 10.2. The topological polar surface area (TPSA) is 157 Å². The molecule has 1 rings (SSSR count). The number of benzene rings is 1. The van der Waals surface area contributed by atoms with Crippen LogP contribution in [-0.2, 0) is 0 Å². The standard InChI is InChI=1S/C8H19N.C6H3N3O7/c1-6-9(7(2)3)8(4)5;10-6-4(8(13)14)1-3(7(11)12)2-5(6)9(15)16/h7-8H,6H2,1-5H3;1-2,10H. The third-order valence-electron chi connectivity index (χ3n) is 3.53. The van der Waals surface area contributed by atoms with Crippen LogP contribution in [0.25, 0.3) is 0 Å². The number of hydrogen-bond acceptors (Lipinski definition) is 7. The quantitative estimate of drug-likeness (QED) is 0.591. The molecule has 0 aliphatic carbocycles. The van der Waals surface area contributed by atoms with Crippen LogP contribution in [0, 0.1) is 30.3 Å². The summed E-state index contributed by atoms with van der Waals surface area (Å²) in [6.07, 6.45) is 0. The van der Waals surface area contributed by atoms with Crippen LogP contribution in [0.1, 0.15) is 34.6 Å². The lowest BCUT2D eigenvalue weighted by Gasteiger charge is -2.25. The second-order valence-electron chi connectivity index (χ2n) is 5.82. The molecule has 11 nitrogen and oxygen atoms in total. The first-order valence-corrected chi connectivity index (χ1v) is 7.57. The van der Waals surface area contributed by atoms with Gasteiger partial charge in [-0.25, -0.2) is 0 Å². The van der Waals surface area contributed by atoms with Crippen molar-refractivity contribution < 1.29 is 24.8 Å². The number of nitro benzene ring substituents is 3. The zero-order valence-corrected chi connectivity index (χ0v) is 14.7. The third-order valence-corrected chi connectivity index (χ3v) is 3.53. The smallest absolute Gasteiger partial charge is 0.283 e.